The van der Waals surface area contributed by atoms with E-state index < -0.39 is 0 Å². The number of carbonyl (C=O) groups excluding carboxylic acids is 1. The monoisotopic (exact) mass is 299 g/mol. The average Bonchev–Trinajstić information content (AvgIpc) is 2.46. The lowest BCUT2D eigenvalue weighted by atomic mass is 10.1. The second-order valence-electron chi connectivity index (χ2n) is 4.94. The number of amides is 1. The standard InChI is InChI=1S/C14H21N3O2.ClH/c1-11(10-15)14(19)17-8-6-16(7-9-17)12-4-2-3-5-13(12)18;/h2-5,11,18H,6-10,15H2,1H3;1H. The van der Waals surface area contributed by atoms with Crippen molar-refractivity contribution in [3.05, 3.63) is 24.3 Å². The van der Waals surface area contributed by atoms with Crippen LogP contribution in [0, 0.1) is 5.92 Å². The molecule has 1 aliphatic rings. The fourth-order valence-electron chi connectivity index (χ4n) is 2.31. The van der Waals surface area contributed by atoms with Gasteiger partial charge < -0.3 is 20.6 Å². The SMILES string of the molecule is CC(CN)C(=O)N1CCN(c2ccccc2O)CC1.Cl. The first-order valence-electron chi connectivity index (χ1n) is 6.65. The number of carbonyl (C=O) groups is 1. The van der Waals surface area contributed by atoms with Gasteiger partial charge in [-0.15, -0.1) is 12.4 Å². The van der Waals surface area contributed by atoms with Gasteiger partial charge in [-0.3, -0.25) is 4.79 Å². The summed E-state index contributed by atoms with van der Waals surface area (Å²) in [6, 6.07) is 7.29. The number of para-hydroxylation sites is 2. The number of halogens is 1. The summed E-state index contributed by atoms with van der Waals surface area (Å²) in [5, 5.41) is 9.83. The Morgan fingerprint density at radius 2 is 1.90 bits per heavy atom. The van der Waals surface area contributed by atoms with Crippen LogP contribution in [0.2, 0.25) is 0 Å². The second-order valence-corrected chi connectivity index (χ2v) is 4.94. The number of anilines is 1. The molecule has 2 rings (SSSR count). The number of rotatable bonds is 3. The van der Waals surface area contributed by atoms with Gasteiger partial charge in [-0.25, -0.2) is 0 Å². The summed E-state index contributed by atoms with van der Waals surface area (Å²) >= 11 is 0. The number of hydrogen-bond acceptors (Lipinski definition) is 4. The number of hydrogen-bond donors (Lipinski definition) is 2. The Bertz CT molecular complexity index is 448. The van der Waals surface area contributed by atoms with Crippen molar-refractivity contribution in [2.45, 2.75) is 6.92 Å². The van der Waals surface area contributed by atoms with Crippen LogP contribution in [0.3, 0.4) is 0 Å². The van der Waals surface area contributed by atoms with Gasteiger partial charge in [0.15, 0.2) is 0 Å². The Morgan fingerprint density at radius 1 is 1.30 bits per heavy atom. The maximum absolute atomic E-state index is 12.0. The molecule has 1 aliphatic heterocycles. The van der Waals surface area contributed by atoms with Gasteiger partial charge in [0.25, 0.3) is 0 Å². The number of nitrogens with two attached hydrogens (primary N) is 1. The summed E-state index contributed by atoms with van der Waals surface area (Å²) in [4.78, 5) is 16.0. The Morgan fingerprint density at radius 3 is 2.45 bits per heavy atom. The zero-order valence-corrected chi connectivity index (χ0v) is 12.5. The highest BCUT2D eigenvalue weighted by Gasteiger charge is 2.24. The first-order valence-corrected chi connectivity index (χ1v) is 6.65. The molecule has 3 N–H and O–H groups in total. The molecule has 0 aliphatic carbocycles. The van der Waals surface area contributed by atoms with Crippen LogP contribution in [0.1, 0.15) is 6.92 Å². The van der Waals surface area contributed by atoms with Crippen LogP contribution in [0.15, 0.2) is 24.3 Å². The van der Waals surface area contributed by atoms with E-state index in [0.29, 0.717) is 19.6 Å². The van der Waals surface area contributed by atoms with Gasteiger partial charge in [0.1, 0.15) is 5.75 Å². The molecule has 1 fully saturated rings. The third kappa shape index (κ3) is 3.55. The minimum Gasteiger partial charge on any atom is -0.506 e. The highest BCUT2D eigenvalue weighted by molar-refractivity contribution is 5.85. The predicted molar refractivity (Wildman–Crippen MR) is 82.4 cm³/mol. The third-order valence-corrected chi connectivity index (χ3v) is 3.59. The number of nitrogens with zero attached hydrogens (tertiary/aromatic N) is 2. The van der Waals surface area contributed by atoms with Gasteiger partial charge in [0, 0.05) is 38.6 Å². The van der Waals surface area contributed by atoms with E-state index in [1.165, 1.54) is 0 Å². The minimum atomic E-state index is -0.114. The van der Waals surface area contributed by atoms with Crippen LogP contribution in [-0.4, -0.2) is 48.6 Å². The van der Waals surface area contributed by atoms with E-state index in [-0.39, 0.29) is 30.0 Å². The van der Waals surface area contributed by atoms with Crippen LogP contribution in [0.25, 0.3) is 0 Å². The maximum Gasteiger partial charge on any atom is 0.226 e. The van der Waals surface area contributed by atoms with Crippen molar-refractivity contribution < 1.29 is 9.90 Å². The summed E-state index contributed by atoms with van der Waals surface area (Å²) in [6.45, 7) is 5.08. The molecule has 1 amide bonds. The first-order chi connectivity index (χ1) is 9.13. The summed E-state index contributed by atoms with van der Waals surface area (Å²) in [5.41, 5.74) is 6.36. The highest BCUT2D eigenvalue weighted by atomic mass is 35.5. The average molecular weight is 300 g/mol. The molecule has 1 heterocycles. The van der Waals surface area contributed by atoms with E-state index in [2.05, 4.69) is 4.90 Å². The molecule has 5 nitrogen and oxygen atoms in total. The molecule has 1 aromatic carbocycles. The van der Waals surface area contributed by atoms with E-state index >= 15 is 0 Å². The van der Waals surface area contributed by atoms with Crippen molar-refractivity contribution in [2.75, 3.05) is 37.6 Å². The lowest BCUT2D eigenvalue weighted by Crippen LogP contribution is -2.50. The van der Waals surface area contributed by atoms with Crippen molar-refractivity contribution in [2.24, 2.45) is 11.7 Å². The second kappa shape index (κ2) is 7.36. The van der Waals surface area contributed by atoms with E-state index in [0.717, 1.165) is 18.8 Å². The van der Waals surface area contributed by atoms with Gasteiger partial charge in [0.05, 0.1) is 5.69 Å². The molecule has 0 bridgehead atoms. The molecule has 0 saturated carbocycles. The highest BCUT2D eigenvalue weighted by Crippen LogP contribution is 2.27. The summed E-state index contributed by atoms with van der Waals surface area (Å²) in [5.74, 6) is 0.300. The van der Waals surface area contributed by atoms with E-state index in [9.17, 15) is 9.90 Å². The van der Waals surface area contributed by atoms with Crippen molar-refractivity contribution in [3.63, 3.8) is 0 Å². The molecular weight excluding hydrogens is 278 g/mol. The molecule has 20 heavy (non-hydrogen) atoms. The summed E-state index contributed by atoms with van der Waals surface area (Å²) in [6.07, 6.45) is 0. The van der Waals surface area contributed by atoms with E-state index in [4.69, 9.17) is 5.73 Å². The molecule has 0 aromatic heterocycles. The lowest BCUT2D eigenvalue weighted by Gasteiger charge is -2.37. The Kier molecular flexibility index (Phi) is 6.10. The quantitative estimate of drug-likeness (QED) is 0.875. The molecule has 0 radical (unpaired) electrons. The van der Waals surface area contributed by atoms with Crippen molar-refractivity contribution in [3.8, 4) is 5.75 Å². The first kappa shape index (κ1) is 16.6. The van der Waals surface area contributed by atoms with Crippen molar-refractivity contribution >= 4 is 24.0 Å². The van der Waals surface area contributed by atoms with Gasteiger partial charge in [-0.05, 0) is 12.1 Å². The molecule has 1 saturated heterocycles. The largest absolute Gasteiger partial charge is 0.506 e. The minimum absolute atomic E-state index is 0. The predicted octanol–water partition coefficient (Wildman–Crippen LogP) is 1.06. The maximum atomic E-state index is 12.0. The van der Waals surface area contributed by atoms with Crippen LogP contribution >= 0.6 is 12.4 Å². The molecule has 6 heteroatoms. The van der Waals surface area contributed by atoms with Gasteiger partial charge in [-0.1, -0.05) is 19.1 Å². The molecule has 1 unspecified atom stereocenters. The van der Waals surface area contributed by atoms with Crippen LogP contribution in [0.4, 0.5) is 5.69 Å². The topological polar surface area (TPSA) is 69.8 Å². The summed E-state index contributed by atoms with van der Waals surface area (Å²) < 4.78 is 0. The molecular formula is C14H22ClN3O2. The molecule has 1 aromatic rings. The van der Waals surface area contributed by atoms with Gasteiger partial charge in [0.2, 0.25) is 5.91 Å². The van der Waals surface area contributed by atoms with Crippen LogP contribution in [0.5, 0.6) is 5.75 Å². The van der Waals surface area contributed by atoms with E-state index in [1.807, 2.05) is 30.0 Å². The Labute approximate surface area is 125 Å². The smallest absolute Gasteiger partial charge is 0.226 e. The number of benzene rings is 1. The Balaban J connectivity index is 0.00000200. The van der Waals surface area contributed by atoms with Crippen LogP contribution < -0.4 is 10.6 Å². The van der Waals surface area contributed by atoms with Crippen LogP contribution in [-0.2, 0) is 4.79 Å². The third-order valence-electron chi connectivity index (χ3n) is 3.59. The fourth-order valence-corrected chi connectivity index (χ4v) is 2.31. The lowest BCUT2D eigenvalue weighted by molar-refractivity contribution is -0.134. The fraction of sp³-hybridized carbons (Fsp3) is 0.500. The number of piperazine rings is 1. The Hall–Kier alpha value is -1.46. The molecule has 1 atom stereocenters. The zero-order valence-electron chi connectivity index (χ0n) is 11.7. The normalized spacial score (nSPS) is 16.5. The van der Waals surface area contributed by atoms with Gasteiger partial charge in [-0.2, -0.15) is 0 Å². The molecule has 112 valence electrons. The van der Waals surface area contributed by atoms with Crippen molar-refractivity contribution in [1.29, 1.82) is 0 Å². The number of phenols is 1. The van der Waals surface area contributed by atoms with Crippen molar-refractivity contribution in [1.82, 2.24) is 4.90 Å². The summed E-state index contributed by atoms with van der Waals surface area (Å²) in [7, 11) is 0. The van der Waals surface area contributed by atoms with Gasteiger partial charge >= 0.3 is 0 Å². The number of aromatic hydroxyl groups is 1. The van der Waals surface area contributed by atoms with E-state index in [1.54, 1.807) is 6.07 Å². The number of phenolic OH excluding ortho intramolecular Hbond substituents is 1. The molecule has 0 spiro atoms. The zero-order chi connectivity index (χ0) is 13.8.